The number of alkyl halides is 3. The van der Waals surface area contributed by atoms with Gasteiger partial charge in [0, 0.05) is 6.54 Å². The fourth-order valence-corrected chi connectivity index (χ4v) is 3.98. The molecule has 0 radical (unpaired) electrons. The number of fused-ring (bicyclic) bond motifs is 3. The summed E-state index contributed by atoms with van der Waals surface area (Å²) in [6.45, 7) is -0.707. The third-order valence-corrected chi connectivity index (χ3v) is 5.42. The predicted molar refractivity (Wildman–Crippen MR) is 106 cm³/mol. The number of carbonyl (C=O) groups is 1. The average Bonchev–Trinajstić information content (AvgIpc) is 3.45. The molecule has 0 spiro atoms. The zero-order chi connectivity index (χ0) is 23.5. The maximum atomic E-state index is 14.1. The molecule has 0 bridgehead atoms. The molecular weight excluding hydrogens is 470 g/mol. The first kappa shape index (κ1) is 21.1. The van der Waals surface area contributed by atoms with Gasteiger partial charge in [0.1, 0.15) is 11.6 Å². The number of halogens is 5. The number of pyridine rings is 1. The van der Waals surface area contributed by atoms with E-state index in [2.05, 4.69) is 25.5 Å². The lowest BCUT2D eigenvalue weighted by atomic mass is 10.1. The van der Waals surface area contributed by atoms with Crippen molar-refractivity contribution in [2.24, 2.45) is 7.05 Å². The standard InChI is InChI=1S/C18H12ClF4N9O/c1-29-8-12(20)16-25-6-13-14(31(16)29)10(18(21,22)23)7-30(13)17(33)28-9-4-11(19)15(24-5-9)32-26-2-3-27-32/h2-6,8,10H,7H2,1H3/p+1/t10-/m0/s1. The van der Waals surface area contributed by atoms with Crippen LogP contribution in [0.5, 0.6) is 0 Å². The Morgan fingerprint density at radius 3 is 2.64 bits per heavy atom. The molecule has 0 unspecified atom stereocenters. The molecule has 1 aliphatic rings. The number of hydrogen-bond donors (Lipinski definition) is 1. The predicted octanol–water partition coefficient (Wildman–Crippen LogP) is 2.62. The molecule has 1 atom stereocenters. The summed E-state index contributed by atoms with van der Waals surface area (Å²) in [7, 11) is 1.39. The molecular formula is C18H13ClF4N9O+. The fourth-order valence-electron chi connectivity index (χ4n) is 3.74. The van der Waals surface area contributed by atoms with E-state index in [1.165, 1.54) is 36.5 Å². The summed E-state index contributed by atoms with van der Waals surface area (Å²) in [6.07, 6.45) is 1.51. The lowest BCUT2D eigenvalue weighted by Crippen LogP contribution is -2.37. The molecule has 170 valence electrons. The fraction of sp³-hybridized carbons (Fsp3) is 0.222. The Bertz CT molecular complexity index is 1390. The number of aryl methyl sites for hydroxylation is 1. The lowest BCUT2D eigenvalue weighted by Gasteiger charge is -2.19. The minimum absolute atomic E-state index is 0.0926. The topological polar surface area (TPSA) is 97.1 Å². The highest BCUT2D eigenvalue weighted by molar-refractivity contribution is 6.32. The van der Waals surface area contributed by atoms with E-state index in [1.54, 1.807) is 0 Å². The van der Waals surface area contributed by atoms with Crippen LogP contribution in [0.3, 0.4) is 0 Å². The van der Waals surface area contributed by atoms with Crippen LogP contribution in [-0.4, -0.2) is 48.2 Å². The summed E-state index contributed by atoms with van der Waals surface area (Å²) in [6, 6.07) is 0.508. The van der Waals surface area contributed by atoms with Crippen LogP contribution in [0, 0.1) is 5.82 Å². The van der Waals surface area contributed by atoms with Gasteiger partial charge in [-0.05, 0) is 6.07 Å². The van der Waals surface area contributed by atoms with Crippen LogP contribution in [0.1, 0.15) is 11.6 Å². The first-order valence-corrected chi connectivity index (χ1v) is 9.76. The number of aromatic nitrogens is 7. The third kappa shape index (κ3) is 3.42. The maximum absolute atomic E-state index is 14.1. The monoisotopic (exact) mass is 482 g/mol. The molecule has 1 N–H and O–H groups in total. The summed E-state index contributed by atoms with van der Waals surface area (Å²) in [4.78, 5) is 23.0. The third-order valence-electron chi connectivity index (χ3n) is 5.14. The molecule has 2 amide bonds. The van der Waals surface area contributed by atoms with Crippen LogP contribution >= 0.6 is 11.6 Å². The van der Waals surface area contributed by atoms with Gasteiger partial charge in [0.05, 0.1) is 41.2 Å². The number of hydrogen-bond acceptors (Lipinski definition) is 5. The lowest BCUT2D eigenvalue weighted by molar-refractivity contribution is -0.739. The Labute approximate surface area is 187 Å². The van der Waals surface area contributed by atoms with Gasteiger partial charge in [-0.3, -0.25) is 4.90 Å². The number of urea groups is 1. The van der Waals surface area contributed by atoms with Gasteiger partial charge in [0.2, 0.25) is 17.7 Å². The van der Waals surface area contributed by atoms with E-state index in [-0.39, 0.29) is 33.6 Å². The maximum Gasteiger partial charge on any atom is 0.399 e. The Kier molecular flexibility index (Phi) is 4.70. The quantitative estimate of drug-likeness (QED) is 0.350. The molecule has 0 aromatic carbocycles. The number of nitrogens with one attached hydrogen (secondary N) is 1. The van der Waals surface area contributed by atoms with Crippen molar-refractivity contribution in [1.29, 1.82) is 0 Å². The van der Waals surface area contributed by atoms with Gasteiger partial charge in [0.25, 0.3) is 0 Å². The summed E-state index contributed by atoms with van der Waals surface area (Å²) in [5.74, 6) is -2.62. The van der Waals surface area contributed by atoms with Crippen molar-refractivity contribution in [3.8, 4) is 5.82 Å². The van der Waals surface area contributed by atoms with Crippen molar-refractivity contribution in [3.63, 3.8) is 0 Å². The van der Waals surface area contributed by atoms with Crippen molar-refractivity contribution in [1.82, 2.24) is 29.5 Å². The molecule has 4 aromatic rings. The van der Waals surface area contributed by atoms with Crippen molar-refractivity contribution in [2.75, 3.05) is 16.8 Å². The molecule has 1 aliphatic heterocycles. The highest BCUT2D eigenvalue weighted by Crippen LogP contribution is 2.45. The summed E-state index contributed by atoms with van der Waals surface area (Å²) in [5.41, 5.74) is -0.508. The van der Waals surface area contributed by atoms with Gasteiger partial charge in [-0.1, -0.05) is 11.6 Å². The van der Waals surface area contributed by atoms with E-state index in [4.69, 9.17) is 11.6 Å². The van der Waals surface area contributed by atoms with Gasteiger partial charge in [0.15, 0.2) is 12.9 Å². The van der Waals surface area contributed by atoms with E-state index in [0.29, 0.717) is 0 Å². The van der Waals surface area contributed by atoms with Crippen LogP contribution in [0.15, 0.2) is 37.1 Å². The van der Waals surface area contributed by atoms with Gasteiger partial charge >= 0.3 is 12.2 Å². The minimum atomic E-state index is -4.69. The molecule has 0 saturated heterocycles. The average molecular weight is 483 g/mol. The number of anilines is 2. The van der Waals surface area contributed by atoms with Crippen LogP contribution in [0.2, 0.25) is 5.02 Å². The van der Waals surface area contributed by atoms with Crippen molar-refractivity contribution < 1.29 is 27.0 Å². The van der Waals surface area contributed by atoms with Gasteiger partial charge in [-0.2, -0.15) is 27.8 Å². The van der Waals surface area contributed by atoms with Gasteiger partial charge in [-0.15, -0.1) is 14.0 Å². The molecule has 0 fully saturated rings. The summed E-state index contributed by atoms with van der Waals surface area (Å²) >= 11 is 6.18. The normalized spacial score (nSPS) is 15.8. The van der Waals surface area contributed by atoms with E-state index < -0.39 is 30.5 Å². The van der Waals surface area contributed by atoms with Crippen LogP contribution in [0.25, 0.3) is 11.5 Å². The second-order valence-electron chi connectivity index (χ2n) is 7.20. The SMILES string of the molecule is C[n+]1cc(F)c2ncc3c(n21)[C@@H](C(F)(F)F)CN3C(=O)Nc1cnc(-n2nccn2)c(Cl)c1. The first-order chi connectivity index (χ1) is 15.6. The number of amides is 2. The van der Waals surface area contributed by atoms with Gasteiger partial charge in [-0.25, -0.2) is 14.8 Å². The highest BCUT2D eigenvalue weighted by Gasteiger charge is 2.51. The second kappa shape index (κ2) is 7.37. The molecule has 33 heavy (non-hydrogen) atoms. The zero-order valence-corrected chi connectivity index (χ0v) is 17.4. The van der Waals surface area contributed by atoms with E-state index in [1.807, 2.05) is 0 Å². The summed E-state index contributed by atoms with van der Waals surface area (Å²) in [5, 5.41) is 10.4. The Balaban J connectivity index is 1.50. The van der Waals surface area contributed by atoms with Crippen molar-refractivity contribution >= 4 is 34.7 Å². The molecule has 5 heterocycles. The van der Waals surface area contributed by atoms with E-state index >= 15 is 0 Å². The number of rotatable bonds is 2. The number of carbonyl (C=O) groups excluding carboxylic acids is 1. The summed E-state index contributed by atoms with van der Waals surface area (Å²) < 4.78 is 57.9. The number of nitrogens with zero attached hydrogens (tertiary/aromatic N) is 8. The molecule has 0 saturated carbocycles. The smallest absolute Gasteiger partial charge is 0.306 e. The molecule has 0 aliphatic carbocycles. The van der Waals surface area contributed by atoms with Crippen molar-refractivity contribution in [2.45, 2.75) is 12.1 Å². The minimum Gasteiger partial charge on any atom is -0.306 e. The first-order valence-electron chi connectivity index (χ1n) is 9.38. The van der Waals surface area contributed by atoms with E-state index in [9.17, 15) is 22.4 Å². The van der Waals surface area contributed by atoms with Crippen LogP contribution < -0.4 is 14.9 Å². The Hall–Kier alpha value is -3.81. The molecule has 15 heteroatoms. The van der Waals surface area contributed by atoms with Crippen LogP contribution in [0.4, 0.5) is 33.7 Å². The zero-order valence-electron chi connectivity index (χ0n) is 16.6. The van der Waals surface area contributed by atoms with E-state index in [0.717, 1.165) is 26.5 Å². The van der Waals surface area contributed by atoms with Crippen LogP contribution in [-0.2, 0) is 7.05 Å². The Morgan fingerprint density at radius 2 is 1.97 bits per heavy atom. The molecule has 4 aromatic heterocycles. The second-order valence-corrected chi connectivity index (χ2v) is 7.60. The Morgan fingerprint density at radius 1 is 1.24 bits per heavy atom. The molecule has 10 nitrogen and oxygen atoms in total. The van der Waals surface area contributed by atoms with Gasteiger partial charge < -0.3 is 5.32 Å². The molecule has 5 rings (SSSR count). The largest absolute Gasteiger partial charge is 0.399 e. The van der Waals surface area contributed by atoms with Crippen molar-refractivity contribution in [3.05, 3.63) is 53.6 Å². The highest BCUT2D eigenvalue weighted by atomic mass is 35.5.